The molecule has 3 heteroatoms. The number of hydrogen-bond acceptors (Lipinski definition) is 3. The van der Waals surface area contributed by atoms with Crippen LogP contribution in [-0.2, 0) is 9.47 Å². The quantitative estimate of drug-likeness (QED) is 0.628. The third-order valence-corrected chi connectivity index (χ3v) is 2.93. The number of methoxy groups -OCH3 is 1. The van der Waals surface area contributed by atoms with Crippen molar-refractivity contribution in [3.05, 3.63) is 0 Å². The lowest BCUT2D eigenvalue weighted by atomic mass is 10.0. The Morgan fingerprint density at radius 1 is 1.53 bits per heavy atom. The molecule has 2 atom stereocenters. The highest BCUT2D eigenvalue weighted by molar-refractivity contribution is 4.80. The van der Waals surface area contributed by atoms with E-state index in [1.807, 2.05) is 0 Å². The highest BCUT2D eigenvalue weighted by Gasteiger charge is 2.24. The first-order valence-corrected chi connectivity index (χ1v) is 6.22. The molecule has 15 heavy (non-hydrogen) atoms. The molecule has 1 rings (SSSR count). The molecule has 0 aromatic heterocycles. The molecule has 0 aromatic carbocycles. The molecule has 0 amide bonds. The zero-order chi connectivity index (χ0) is 10.9. The third kappa shape index (κ3) is 4.96. The summed E-state index contributed by atoms with van der Waals surface area (Å²) in [5.74, 6) is 0. The SMILES string of the molecule is CCCNC(CCCOC)C1CCCO1. The minimum absolute atomic E-state index is 0.438. The Balaban J connectivity index is 2.23. The van der Waals surface area contributed by atoms with Gasteiger partial charge in [0.1, 0.15) is 0 Å². The molecular weight excluding hydrogens is 190 g/mol. The Kier molecular flexibility index (Phi) is 6.98. The van der Waals surface area contributed by atoms with Gasteiger partial charge in [-0.3, -0.25) is 0 Å². The van der Waals surface area contributed by atoms with Crippen molar-refractivity contribution in [2.45, 2.75) is 51.2 Å². The highest BCUT2D eigenvalue weighted by atomic mass is 16.5. The smallest absolute Gasteiger partial charge is 0.0728 e. The first kappa shape index (κ1) is 12.9. The maximum atomic E-state index is 5.74. The van der Waals surface area contributed by atoms with Gasteiger partial charge in [0.2, 0.25) is 0 Å². The van der Waals surface area contributed by atoms with Crippen LogP contribution < -0.4 is 5.32 Å². The Morgan fingerprint density at radius 2 is 2.40 bits per heavy atom. The minimum atomic E-state index is 0.438. The van der Waals surface area contributed by atoms with E-state index in [1.165, 1.54) is 25.7 Å². The van der Waals surface area contributed by atoms with E-state index in [-0.39, 0.29) is 0 Å². The summed E-state index contributed by atoms with van der Waals surface area (Å²) in [6.45, 7) is 5.10. The second kappa shape index (κ2) is 8.08. The third-order valence-electron chi connectivity index (χ3n) is 2.93. The molecule has 1 saturated heterocycles. The standard InChI is InChI=1S/C12H25NO2/c1-3-8-13-11(6-4-9-14-2)12-7-5-10-15-12/h11-13H,3-10H2,1-2H3. The summed E-state index contributed by atoms with van der Waals surface area (Å²) in [6.07, 6.45) is 6.35. The number of nitrogens with one attached hydrogen (secondary N) is 1. The van der Waals surface area contributed by atoms with E-state index in [2.05, 4.69) is 12.2 Å². The molecule has 90 valence electrons. The number of hydrogen-bond donors (Lipinski definition) is 1. The summed E-state index contributed by atoms with van der Waals surface area (Å²) >= 11 is 0. The summed E-state index contributed by atoms with van der Waals surface area (Å²) in [7, 11) is 1.76. The largest absolute Gasteiger partial charge is 0.385 e. The van der Waals surface area contributed by atoms with Crippen LogP contribution in [0.15, 0.2) is 0 Å². The number of rotatable bonds is 8. The van der Waals surface area contributed by atoms with Crippen molar-refractivity contribution in [3.63, 3.8) is 0 Å². The molecule has 0 spiro atoms. The van der Waals surface area contributed by atoms with Crippen molar-refractivity contribution >= 4 is 0 Å². The lowest BCUT2D eigenvalue weighted by molar-refractivity contribution is 0.0715. The molecule has 1 N–H and O–H groups in total. The van der Waals surface area contributed by atoms with E-state index < -0.39 is 0 Å². The second-order valence-corrected chi connectivity index (χ2v) is 4.25. The molecule has 3 nitrogen and oxygen atoms in total. The van der Waals surface area contributed by atoms with Crippen molar-refractivity contribution in [1.82, 2.24) is 5.32 Å². The molecule has 1 aliphatic rings. The van der Waals surface area contributed by atoms with Crippen molar-refractivity contribution in [2.24, 2.45) is 0 Å². The Bertz CT molecular complexity index is 147. The number of ether oxygens (including phenoxy) is 2. The molecule has 1 aliphatic heterocycles. The van der Waals surface area contributed by atoms with Gasteiger partial charge in [-0.25, -0.2) is 0 Å². The topological polar surface area (TPSA) is 30.5 Å². The lowest BCUT2D eigenvalue weighted by Gasteiger charge is -2.24. The van der Waals surface area contributed by atoms with Gasteiger partial charge in [0.25, 0.3) is 0 Å². The van der Waals surface area contributed by atoms with Gasteiger partial charge in [-0.1, -0.05) is 6.92 Å². The van der Waals surface area contributed by atoms with Crippen LogP contribution in [0, 0.1) is 0 Å². The molecule has 0 saturated carbocycles. The van der Waals surface area contributed by atoms with E-state index in [0.717, 1.165) is 26.2 Å². The van der Waals surface area contributed by atoms with Crippen LogP contribution >= 0.6 is 0 Å². The average molecular weight is 215 g/mol. The molecule has 0 aromatic rings. The van der Waals surface area contributed by atoms with Crippen LogP contribution in [0.25, 0.3) is 0 Å². The Labute approximate surface area is 93.5 Å². The van der Waals surface area contributed by atoms with E-state index in [1.54, 1.807) is 7.11 Å². The van der Waals surface area contributed by atoms with E-state index >= 15 is 0 Å². The van der Waals surface area contributed by atoms with Gasteiger partial charge in [-0.05, 0) is 38.6 Å². The highest BCUT2D eigenvalue weighted by Crippen LogP contribution is 2.18. The Hall–Kier alpha value is -0.120. The van der Waals surface area contributed by atoms with E-state index in [0.29, 0.717) is 12.1 Å². The summed E-state index contributed by atoms with van der Waals surface area (Å²) in [6, 6.07) is 0.530. The van der Waals surface area contributed by atoms with Gasteiger partial charge in [0.15, 0.2) is 0 Å². The molecule has 0 radical (unpaired) electrons. The Morgan fingerprint density at radius 3 is 3.00 bits per heavy atom. The fraction of sp³-hybridized carbons (Fsp3) is 1.00. The maximum Gasteiger partial charge on any atom is 0.0728 e. The first-order valence-electron chi connectivity index (χ1n) is 6.22. The van der Waals surface area contributed by atoms with E-state index in [9.17, 15) is 0 Å². The van der Waals surface area contributed by atoms with Crippen LogP contribution in [0.1, 0.15) is 39.0 Å². The van der Waals surface area contributed by atoms with Gasteiger partial charge in [-0.2, -0.15) is 0 Å². The molecule has 1 heterocycles. The zero-order valence-corrected chi connectivity index (χ0v) is 10.1. The summed E-state index contributed by atoms with van der Waals surface area (Å²) in [5, 5.41) is 3.59. The fourth-order valence-electron chi connectivity index (χ4n) is 2.12. The predicted octanol–water partition coefficient (Wildman–Crippen LogP) is 1.96. The zero-order valence-electron chi connectivity index (χ0n) is 10.1. The fourth-order valence-corrected chi connectivity index (χ4v) is 2.12. The van der Waals surface area contributed by atoms with Crippen LogP contribution in [0.5, 0.6) is 0 Å². The lowest BCUT2D eigenvalue weighted by Crippen LogP contribution is -2.40. The summed E-state index contributed by atoms with van der Waals surface area (Å²) in [5.41, 5.74) is 0. The van der Waals surface area contributed by atoms with Crippen molar-refractivity contribution < 1.29 is 9.47 Å². The first-order chi connectivity index (χ1) is 7.38. The van der Waals surface area contributed by atoms with Crippen molar-refractivity contribution in [3.8, 4) is 0 Å². The van der Waals surface area contributed by atoms with E-state index in [4.69, 9.17) is 9.47 Å². The van der Waals surface area contributed by atoms with Crippen LogP contribution in [0.3, 0.4) is 0 Å². The monoisotopic (exact) mass is 215 g/mol. The molecule has 0 aliphatic carbocycles. The van der Waals surface area contributed by atoms with Gasteiger partial charge in [0, 0.05) is 26.4 Å². The van der Waals surface area contributed by atoms with Crippen LogP contribution in [0.4, 0.5) is 0 Å². The average Bonchev–Trinajstić information content (AvgIpc) is 2.76. The van der Waals surface area contributed by atoms with Crippen LogP contribution in [-0.4, -0.2) is 39.0 Å². The maximum absolute atomic E-state index is 5.74. The van der Waals surface area contributed by atoms with Gasteiger partial charge >= 0.3 is 0 Å². The van der Waals surface area contributed by atoms with Crippen LogP contribution in [0.2, 0.25) is 0 Å². The van der Waals surface area contributed by atoms with Gasteiger partial charge < -0.3 is 14.8 Å². The van der Waals surface area contributed by atoms with Crippen molar-refractivity contribution in [2.75, 3.05) is 26.9 Å². The molecule has 1 fully saturated rings. The predicted molar refractivity (Wildman–Crippen MR) is 62.2 cm³/mol. The summed E-state index contributed by atoms with van der Waals surface area (Å²) < 4.78 is 10.8. The molecule has 2 unspecified atom stereocenters. The van der Waals surface area contributed by atoms with Gasteiger partial charge in [0.05, 0.1) is 6.10 Å². The normalized spacial score (nSPS) is 23.2. The van der Waals surface area contributed by atoms with Gasteiger partial charge in [-0.15, -0.1) is 0 Å². The molecule has 0 bridgehead atoms. The molecular formula is C12H25NO2. The summed E-state index contributed by atoms with van der Waals surface area (Å²) in [4.78, 5) is 0. The minimum Gasteiger partial charge on any atom is -0.385 e. The van der Waals surface area contributed by atoms with Crippen molar-refractivity contribution in [1.29, 1.82) is 0 Å². The second-order valence-electron chi connectivity index (χ2n) is 4.25.